The number of fused-ring (bicyclic) bond motifs is 2. The molecule has 1 fully saturated rings. The number of carbonyl (C=O) groups excluding carboxylic acids is 1. The molecule has 0 saturated carbocycles. The Labute approximate surface area is 264 Å². The Hall–Kier alpha value is -4.53. The fourth-order valence-electron chi connectivity index (χ4n) is 6.95. The second kappa shape index (κ2) is 12.8. The van der Waals surface area contributed by atoms with Gasteiger partial charge in [0.05, 0.1) is 18.1 Å². The Kier molecular flexibility index (Phi) is 8.33. The minimum atomic E-state index is -0.911. The molecule has 5 aromatic rings. The minimum Gasteiger partial charge on any atom is -0.384 e. The molecule has 8 nitrogen and oxygen atoms in total. The number of aryl methyl sites for hydroxylation is 2. The van der Waals surface area contributed by atoms with Crippen LogP contribution in [0.5, 0.6) is 0 Å². The lowest BCUT2D eigenvalue weighted by molar-refractivity contribution is -0.128. The number of carbonyl (C=O) groups is 1. The molecule has 5 N–H and O–H groups in total. The molecule has 0 radical (unpaired) electrons. The van der Waals surface area contributed by atoms with Crippen LogP contribution in [0.1, 0.15) is 59.6 Å². The van der Waals surface area contributed by atoms with Gasteiger partial charge in [-0.2, -0.15) is 0 Å². The fraction of sp³-hybridized carbons (Fsp3) is 0.324. The van der Waals surface area contributed by atoms with E-state index >= 15 is 0 Å². The van der Waals surface area contributed by atoms with Gasteiger partial charge in [0, 0.05) is 24.6 Å². The van der Waals surface area contributed by atoms with Crippen molar-refractivity contribution < 1.29 is 4.79 Å². The van der Waals surface area contributed by atoms with Gasteiger partial charge in [-0.05, 0) is 72.3 Å². The van der Waals surface area contributed by atoms with Crippen LogP contribution in [0.25, 0.3) is 10.8 Å². The summed E-state index contributed by atoms with van der Waals surface area (Å²) in [6.07, 6.45) is 3.48. The van der Waals surface area contributed by atoms with Crippen molar-refractivity contribution in [1.82, 2.24) is 25.4 Å². The Bertz CT molecular complexity index is 1770. The van der Waals surface area contributed by atoms with Crippen LogP contribution in [0.4, 0.5) is 5.69 Å². The zero-order chi connectivity index (χ0) is 30.6. The van der Waals surface area contributed by atoms with Gasteiger partial charge < -0.3 is 26.3 Å². The number of hydrogen-bond acceptors (Lipinski definition) is 6. The number of hydrogen-bond donors (Lipinski definition) is 4. The van der Waals surface area contributed by atoms with Gasteiger partial charge in [0.25, 0.3) is 0 Å². The van der Waals surface area contributed by atoms with Crippen molar-refractivity contribution in [2.45, 2.75) is 56.1 Å². The topological polar surface area (TPSA) is 110 Å². The van der Waals surface area contributed by atoms with Crippen LogP contribution in [0.2, 0.25) is 0 Å². The van der Waals surface area contributed by atoms with Crippen LogP contribution in [0.15, 0.2) is 97.1 Å². The van der Waals surface area contributed by atoms with Crippen molar-refractivity contribution in [3.63, 3.8) is 0 Å². The lowest BCUT2D eigenvalue weighted by atomic mass is 9.87. The highest BCUT2D eigenvalue weighted by atomic mass is 16.2. The van der Waals surface area contributed by atoms with Crippen LogP contribution in [-0.4, -0.2) is 45.8 Å². The molecule has 2 aliphatic rings. The van der Waals surface area contributed by atoms with Gasteiger partial charge >= 0.3 is 0 Å². The second-order valence-electron chi connectivity index (χ2n) is 12.5. The summed E-state index contributed by atoms with van der Waals surface area (Å²) in [5.41, 5.74) is 10.7. The predicted octanol–water partition coefficient (Wildman–Crippen LogP) is 5.10. The molecule has 8 heteroatoms. The highest BCUT2D eigenvalue weighted by molar-refractivity contribution is 5.87. The van der Waals surface area contributed by atoms with E-state index in [1.807, 2.05) is 6.07 Å². The first-order chi connectivity index (χ1) is 22.1. The summed E-state index contributed by atoms with van der Waals surface area (Å²) >= 11 is 0. The van der Waals surface area contributed by atoms with Crippen LogP contribution >= 0.6 is 0 Å². The summed E-state index contributed by atoms with van der Waals surface area (Å²) in [7, 11) is 0. The molecule has 45 heavy (non-hydrogen) atoms. The van der Waals surface area contributed by atoms with Gasteiger partial charge in [0.1, 0.15) is 5.82 Å². The summed E-state index contributed by atoms with van der Waals surface area (Å²) in [6.45, 7) is 2.88. The molecule has 2 atom stereocenters. The van der Waals surface area contributed by atoms with E-state index < -0.39 is 5.54 Å². The van der Waals surface area contributed by atoms with Crippen molar-refractivity contribution in [1.29, 1.82) is 0 Å². The highest BCUT2D eigenvalue weighted by Crippen LogP contribution is 2.37. The third-order valence-corrected chi connectivity index (χ3v) is 9.57. The Morgan fingerprint density at radius 3 is 2.53 bits per heavy atom. The van der Waals surface area contributed by atoms with E-state index in [0.717, 1.165) is 49.8 Å². The molecular formula is C37H41N7O. The molecule has 0 aliphatic carbocycles. The molecule has 1 aromatic heterocycles. The minimum absolute atomic E-state index is 0.112. The van der Waals surface area contributed by atoms with E-state index in [1.54, 1.807) is 0 Å². The van der Waals surface area contributed by atoms with E-state index in [4.69, 9.17) is 15.9 Å². The standard InChI is InChI=1S/C37H41N7O/c38-37(19-21-39-22-20-37)36(45)41-33(23-29-24-40-32-16-7-6-15-31(29)32)35-43-42-34(18-17-26-9-2-1-3-10-26)44(35)25-28-13-8-12-27-11-4-5-14-30(27)28/h1-16,29,33,39-40H,17-25,38H2,(H,41,45)/t29?,33-/m1/s1. The average Bonchev–Trinajstić information content (AvgIpc) is 3.68. The maximum atomic E-state index is 13.9. The van der Waals surface area contributed by atoms with Crippen LogP contribution in [-0.2, 0) is 24.2 Å². The number of benzene rings is 4. The predicted molar refractivity (Wildman–Crippen MR) is 179 cm³/mol. The number of piperidine rings is 1. The maximum Gasteiger partial charge on any atom is 0.240 e. The van der Waals surface area contributed by atoms with Gasteiger partial charge in [-0.1, -0.05) is 91.0 Å². The molecular weight excluding hydrogens is 558 g/mol. The number of nitrogens with two attached hydrogens (primary N) is 1. The van der Waals surface area contributed by atoms with Crippen molar-refractivity contribution in [2.75, 3.05) is 25.0 Å². The molecule has 1 amide bonds. The lowest BCUT2D eigenvalue weighted by Gasteiger charge is -2.34. The lowest BCUT2D eigenvalue weighted by Crippen LogP contribution is -2.59. The van der Waals surface area contributed by atoms with Crippen molar-refractivity contribution in [3.8, 4) is 0 Å². The number of anilines is 1. The molecule has 4 aromatic carbocycles. The van der Waals surface area contributed by atoms with Gasteiger partial charge in [-0.15, -0.1) is 10.2 Å². The number of nitrogens with one attached hydrogen (secondary N) is 3. The van der Waals surface area contributed by atoms with Crippen molar-refractivity contribution in [2.24, 2.45) is 5.73 Å². The van der Waals surface area contributed by atoms with Crippen molar-refractivity contribution in [3.05, 3.63) is 125 Å². The first-order valence-electron chi connectivity index (χ1n) is 16.1. The molecule has 0 spiro atoms. The number of rotatable bonds is 10. The molecule has 2 aliphatic heterocycles. The summed E-state index contributed by atoms with van der Waals surface area (Å²) in [4.78, 5) is 13.9. The quantitative estimate of drug-likeness (QED) is 0.178. The highest BCUT2D eigenvalue weighted by Gasteiger charge is 2.38. The normalized spacial score (nSPS) is 17.8. The van der Waals surface area contributed by atoms with Gasteiger partial charge in [-0.25, -0.2) is 0 Å². The Morgan fingerprint density at radius 1 is 0.911 bits per heavy atom. The number of nitrogens with zero attached hydrogens (tertiary/aromatic N) is 3. The van der Waals surface area contributed by atoms with E-state index in [1.165, 1.54) is 27.5 Å². The fourth-order valence-corrected chi connectivity index (χ4v) is 6.95. The molecule has 0 bridgehead atoms. The summed E-state index contributed by atoms with van der Waals surface area (Å²) in [6, 6.07) is 33.5. The zero-order valence-electron chi connectivity index (χ0n) is 25.6. The number of para-hydroxylation sites is 1. The largest absolute Gasteiger partial charge is 0.384 e. The molecule has 1 saturated heterocycles. The molecule has 230 valence electrons. The Balaban J connectivity index is 1.27. The zero-order valence-corrected chi connectivity index (χ0v) is 25.6. The Morgan fingerprint density at radius 2 is 1.67 bits per heavy atom. The first-order valence-corrected chi connectivity index (χ1v) is 16.1. The molecule has 3 heterocycles. The second-order valence-corrected chi connectivity index (χ2v) is 12.5. The average molecular weight is 600 g/mol. The smallest absolute Gasteiger partial charge is 0.240 e. The SMILES string of the molecule is NC1(C(=O)N[C@H](CC2CNc3ccccc32)c2nnc(CCc3ccccc3)n2Cc2cccc3ccccc23)CCNCC1. The van der Waals surface area contributed by atoms with E-state index in [9.17, 15) is 4.79 Å². The molecule has 1 unspecified atom stereocenters. The number of aromatic nitrogens is 3. The third kappa shape index (κ3) is 6.21. The van der Waals surface area contributed by atoms with Gasteiger partial charge in [-0.3, -0.25) is 4.79 Å². The maximum absolute atomic E-state index is 13.9. The number of amides is 1. The van der Waals surface area contributed by atoms with Crippen LogP contribution < -0.4 is 21.7 Å². The summed E-state index contributed by atoms with van der Waals surface area (Å²) in [5, 5.41) is 22.4. The van der Waals surface area contributed by atoms with E-state index in [2.05, 4.69) is 112 Å². The van der Waals surface area contributed by atoms with Crippen LogP contribution in [0.3, 0.4) is 0 Å². The van der Waals surface area contributed by atoms with E-state index in [-0.39, 0.29) is 17.9 Å². The third-order valence-electron chi connectivity index (χ3n) is 9.57. The first kappa shape index (κ1) is 29.2. The van der Waals surface area contributed by atoms with E-state index in [0.29, 0.717) is 25.8 Å². The molecule has 7 rings (SSSR count). The van der Waals surface area contributed by atoms with Crippen LogP contribution in [0, 0.1) is 0 Å². The monoisotopic (exact) mass is 599 g/mol. The van der Waals surface area contributed by atoms with Gasteiger partial charge in [0.2, 0.25) is 5.91 Å². The summed E-state index contributed by atoms with van der Waals surface area (Å²) < 4.78 is 2.25. The van der Waals surface area contributed by atoms with Crippen molar-refractivity contribution >= 4 is 22.4 Å². The summed E-state index contributed by atoms with van der Waals surface area (Å²) in [5.74, 6) is 1.79. The van der Waals surface area contributed by atoms with Gasteiger partial charge in [0.15, 0.2) is 5.82 Å².